The SMILES string of the molecule is COc1ccc(OC)c(-c2nnc(NC(=O)c3ccc(OC(C)C)cc3)o2)c1. The molecule has 8 nitrogen and oxygen atoms in total. The highest BCUT2D eigenvalue weighted by atomic mass is 16.5. The summed E-state index contributed by atoms with van der Waals surface area (Å²) in [5, 5.41) is 10.4. The van der Waals surface area contributed by atoms with E-state index >= 15 is 0 Å². The second-order valence-corrected chi connectivity index (χ2v) is 6.12. The van der Waals surface area contributed by atoms with Crippen LogP contribution in [0.3, 0.4) is 0 Å². The van der Waals surface area contributed by atoms with E-state index in [2.05, 4.69) is 15.5 Å². The summed E-state index contributed by atoms with van der Waals surface area (Å²) in [5.41, 5.74) is 1.000. The lowest BCUT2D eigenvalue weighted by atomic mass is 10.2. The minimum Gasteiger partial charge on any atom is -0.497 e. The summed E-state index contributed by atoms with van der Waals surface area (Å²) in [6.07, 6.45) is 0.0603. The molecule has 1 amide bonds. The van der Waals surface area contributed by atoms with Gasteiger partial charge in [0.05, 0.1) is 25.9 Å². The molecule has 1 N–H and O–H groups in total. The number of ether oxygens (including phenoxy) is 3. The monoisotopic (exact) mass is 383 g/mol. The molecule has 146 valence electrons. The molecule has 0 aliphatic heterocycles. The Morgan fingerprint density at radius 2 is 1.71 bits per heavy atom. The predicted molar refractivity (Wildman–Crippen MR) is 103 cm³/mol. The maximum absolute atomic E-state index is 12.4. The molecule has 0 saturated heterocycles. The first-order valence-electron chi connectivity index (χ1n) is 8.64. The summed E-state index contributed by atoms with van der Waals surface area (Å²) in [6.45, 7) is 3.87. The number of rotatable bonds is 7. The fourth-order valence-corrected chi connectivity index (χ4v) is 2.49. The summed E-state index contributed by atoms with van der Waals surface area (Å²) in [5.74, 6) is 1.68. The number of aromatic nitrogens is 2. The van der Waals surface area contributed by atoms with Gasteiger partial charge in [0.2, 0.25) is 0 Å². The van der Waals surface area contributed by atoms with Gasteiger partial charge in [0, 0.05) is 5.56 Å². The van der Waals surface area contributed by atoms with Gasteiger partial charge < -0.3 is 18.6 Å². The van der Waals surface area contributed by atoms with Crippen LogP contribution in [0.5, 0.6) is 17.2 Å². The molecule has 2 aromatic carbocycles. The van der Waals surface area contributed by atoms with E-state index in [0.717, 1.165) is 0 Å². The van der Waals surface area contributed by atoms with Gasteiger partial charge in [-0.2, -0.15) is 0 Å². The van der Waals surface area contributed by atoms with Crippen molar-refractivity contribution in [2.75, 3.05) is 19.5 Å². The van der Waals surface area contributed by atoms with E-state index < -0.39 is 0 Å². The van der Waals surface area contributed by atoms with Crippen molar-refractivity contribution in [2.24, 2.45) is 0 Å². The van der Waals surface area contributed by atoms with Crippen LogP contribution in [0.25, 0.3) is 11.5 Å². The van der Waals surface area contributed by atoms with Crippen LogP contribution >= 0.6 is 0 Å². The molecule has 0 atom stereocenters. The molecular formula is C20H21N3O5. The number of carbonyl (C=O) groups is 1. The van der Waals surface area contributed by atoms with Crippen molar-refractivity contribution in [3.63, 3.8) is 0 Å². The first-order chi connectivity index (χ1) is 13.5. The summed E-state index contributed by atoms with van der Waals surface area (Å²) in [4.78, 5) is 12.4. The number of carbonyl (C=O) groups excluding carboxylic acids is 1. The lowest BCUT2D eigenvalue weighted by molar-refractivity contribution is 0.102. The minimum atomic E-state index is -0.371. The number of methoxy groups -OCH3 is 2. The third-order valence-corrected chi connectivity index (χ3v) is 3.77. The zero-order valence-electron chi connectivity index (χ0n) is 16.1. The van der Waals surface area contributed by atoms with Gasteiger partial charge in [-0.15, -0.1) is 5.10 Å². The summed E-state index contributed by atoms with van der Waals surface area (Å²) in [6, 6.07) is 12.0. The fraction of sp³-hybridized carbons (Fsp3) is 0.250. The number of anilines is 1. The Kier molecular flexibility index (Phi) is 5.78. The second-order valence-electron chi connectivity index (χ2n) is 6.12. The third-order valence-electron chi connectivity index (χ3n) is 3.77. The molecule has 8 heteroatoms. The van der Waals surface area contributed by atoms with Crippen molar-refractivity contribution in [3.8, 4) is 28.7 Å². The van der Waals surface area contributed by atoms with Gasteiger partial charge >= 0.3 is 6.01 Å². The van der Waals surface area contributed by atoms with Gasteiger partial charge in [-0.25, -0.2) is 0 Å². The van der Waals surface area contributed by atoms with Crippen molar-refractivity contribution in [1.82, 2.24) is 10.2 Å². The highest BCUT2D eigenvalue weighted by molar-refractivity contribution is 6.03. The Balaban J connectivity index is 1.75. The molecule has 3 rings (SSSR count). The standard InChI is InChI=1S/C20H21N3O5/c1-12(2)27-14-7-5-13(6-8-14)18(24)21-20-23-22-19(28-20)16-11-15(25-3)9-10-17(16)26-4/h5-12H,1-4H3,(H,21,23,24). The van der Waals surface area contributed by atoms with E-state index in [9.17, 15) is 4.79 Å². The van der Waals surface area contributed by atoms with Crippen LogP contribution in [0.1, 0.15) is 24.2 Å². The Bertz CT molecular complexity index is 951. The summed E-state index contributed by atoms with van der Waals surface area (Å²) in [7, 11) is 3.10. The van der Waals surface area contributed by atoms with Crippen molar-refractivity contribution in [1.29, 1.82) is 0 Å². The van der Waals surface area contributed by atoms with Crippen LogP contribution in [0, 0.1) is 0 Å². The number of hydrogen-bond donors (Lipinski definition) is 1. The quantitative estimate of drug-likeness (QED) is 0.663. The third kappa shape index (κ3) is 4.40. The van der Waals surface area contributed by atoms with Crippen molar-refractivity contribution in [3.05, 3.63) is 48.0 Å². The number of hydrogen-bond acceptors (Lipinski definition) is 7. The highest BCUT2D eigenvalue weighted by Crippen LogP contribution is 2.33. The molecular weight excluding hydrogens is 362 g/mol. The molecule has 0 radical (unpaired) electrons. The van der Waals surface area contributed by atoms with Gasteiger partial charge in [0.15, 0.2) is 0 Å². The molecule has 3 aromatic rings. The molecule has 0 spiro atoms. The van der Waals surface area contributed by atoms with E-state index in [-0.39, 0.29) is 23.9 Å². The maximum atomic E-state index is 12.4. The zero-order chi connectivity index (χ0) is 20.1. The molecule has 0 unspecified atom stereocenters. The van der Waals surface area contributed by atoms with Gasteiger partial charge in [-0.3, -0.25) is 10.1 Å². The van der Waals surface area contributed by atoms with Crippen LogP contribution in [0.4, 0.5) is 6.01 Å². The number of amides is 1. The van der Waals surface area contributed by atoms with Crippen LogP contribution in [-0.4, -0.2) is 36.4 Å². The first-order valence-corrected chi connectivity index (χ1v) is 8.64. The van der Waals surface area contributed by atoms with E-state index in [1.807, 2.05) is 13.8 Å². The van der Waals surface area contributed by atoms with Gasteiger partial charge in [-0.05, 0) is 56.3 Å². The Hall–Kier alpha value is -3.55. The number of nitrogens with zero attached hydrogens (tertiary/aromatic N) is 2. The molecule has 28 heavy (non-hydrogen) atoms. The topological polar surface area (TPSA) is 95.7 Å². The molecule has 0 aliphatic rings. The minimum absolute atomic E-state index is 0.0209. The van der Waals surface area contributed by atoms with Gasteiger partial charge in [0.25, 0.3) is 11.8 Å². The Morgan fingerprint density at radius 3 is 2.36 bits per heavy atom. The molecule has 0 fully saturated rings. The van der Waals surface area contributed by atoms with Crippen molar-refractivity contribution >= 4 is 11.9 Å². The lowest BCUT2D eigenvalue weighted by Gasteiger charge is -2.09. The van der Waals surface area contributed by atoms with Crippen LogP contribution in [-0.2, 0) is 0 Å². The van der Waals surface area contributed by atoms with Gasteiger partial charge in [0.1, 0.15) is 17.2 Å². The normalized spacial score (nSPS) is 10.6. The highest BCUT2D eigenvalue weighted by Gasteiger charge is 2.17. The van der Waals surface area contributed by atoms with Crippen LogP contribution < -0.4 is 19.5 Å². The largest absolute Gasteiger partial charge is 0.497 e. The van der Waals surface area contributed by atoms with E-state index in [0.29, 0.717) is 28.4 Å². The smallest absolute Gasteiger partial charge is 0.322 e. The zero-order valence-corrected chi connectivity index (χ0v) is 16.1. The molecule has 1 heterocycles. The van der Waals surface area contributed by atoms with Crippen LogP contribution in [0.15, 0.2) is 46.9 Å². The second kappa shape index (κ2) is 8.43. The van der Waals surface area contributed by atoms with E-state index in [1.54, 1.807) is 49.6 Å². The predicted octanol–water partition coefficient (Wildman–Crippen LogP) is 3.79. The number of nitrogens with one attached hydrogen (secondary N) is 1. The molecule has 0 bridgehead atoms. The molecule has 0 saturated carbocycles. The number of benzene rings is 2. The Labute approximate surface area is 162 Å². The molecule has 1 aromatic heterocycles. The molecule has 0 aliphatic carbocycles. The summed E-state index contributed by atoms with van der Waals surface area (Å²) >= 11 is 0. The maximum Gasteiger partial charge on any atom is 0.322 e. The van der Waals surface area contributed by atoms with Gasteiger partial charge in [-0.1, -0.05) is 5.10 Å². The first kappa shape index (κ1) is 19.2. The van der Waals surface area contributed by atoms with E-state index in [4.69, 9.17) is 18.6 Å². The fourth-order valence-electron chi connectivity index (χ4n) is 2.49. The Morgan fingerprint density at radius 1 is 1.00 bits per heavy atom. The average Bonchev–Trinajstić information content (AvgIpc) is 3.15. The van der Waals surface area contributed by atoms with Crippen molar-refractivity contribution in [2.45, 2.75) is 20.0 Å². The van der Waals surface area contributed by atoms with Crippen LogP contribution in [0.2, 0.25) is 0 Å². The summed E-state index contributed by atoms with van der Waals surface area (Å²) < 4.78 is 21.7. The van der Waals surface area contributed by atoms with Crippen molar-refractivity contribution < 1.29 is 23.4 Å². The average molecular weight is 383 g/mol. The lowest BCUT2D eigenvalue weighted by Crippen LogP contribution is -2.12. The van der Waals surface area contributed by atoms with E-state index in [1.165, 1.54) is 7.11 Å².